The molecule has 150 valence electrons. The fourth-order valence-electron chi connectivity index (χ4n) is 4.43. The summed E-state index contributed by atoms with van der Waals surface area (Å²) >= 11 is 0. The molecule has 9 heteroatoms. The van der Waals surface area contributed by atoms with Crippen molar-refractivity contribution in [2.24, 2.45) is 13.0 Å². The van der Waals surface area contributed by atoms with Crippen LogP contribution in [-0.4, -0.2) is 50.6 Å². The molecule has 9 nitrogen and oxygen atoms in total. The summed E-state index contributed by atoms with van der Waals surface area (Å²) in [6, 6.07) is 2.11. The summed E-state index contributed by atoms with van der Waals surface area (Å²) in [5.41, 5.74) is 1.33. The molecule has 2 aliphatic heterocycles. The molecule has 1 amide bonds. The number of aromatic nitrogens is 4. The number of rotatable bonds is 4. The van der Waals surface area contributed by atoms with Crippen LogP contribution in [0, 0.1) is 17.2 Å². The van der Waals surface area contributed by atoms with Crippen LogP contribution in [0.1, 0.15) is 37.8 Å². The first-order valence-corrected chi connectivity index (χ1v) is 10.1. The molecule has 1 saturated carbocycles. The normalized spacial score (nSPS) is 23.0. The van der Waals surface area contributed by atoms with Gasteiger partial charge in [0.2, 0.25) is 0 Å². The van der Waals surface area contributed by atoms with Crippen LogP contribution in [0.5, 0.6) is 0 Å². The van der Waals surface area contributed by atoms with E-state index in [0.717, 1.165) is 43.7 Å². The highest BCUT2D eigenvalue weighted by atomic mass is 16.6. The summed E-state index contributed by atoms with van der Waals surface area (Å²) in [4.78, 5) is 23.2. The predicted octanol–water partition coefficient (Wildman–Crippen LogP) is 2.00. The maximum atomic E-state index is 11.9. The summed E-state index contributed by atoms with van der Waals surface area (Å²) in [5, 5.41) is 16.7. The van der Waals surface area contributed by atoms with Gasteiger partial charge in [-0.25, -0.2) is 14.8 Å². The van der Waals surface area contributed by atoms with Crippen LogP contribution in [0.2, 0.25) is 0 Å². The Labute approximate surface area is 168 Å². The Morgan fingerprint density at radius 2 is 2.14 bits per heavy atom. The number of hydrogen-bond acceptors (Lipinski definition) is 7. The van der Waals surface area contributed by atoms with Crippen molar-refractivity contribution in [1.82, 2.24) is 25.1 Å². The summed E-state index contributed by atoms with van der Waals surface area (Å²) in [6.07, 6.45) is 9.90. The maximum absolute atomic E-state index is 11.9. The Hall–Kier alpha value is -3.15. The minimum atomic E-state index is -0.291. The first kappa shape index (κ1) is 17.9. The molecule has 2 aromatic rings. The topological polar surface area (TPSA) is 109 Å². The van der Waals surface area contributed by atoms with Gasteiger partial charge in [-0.05, 0) is 25.2 Å². The van der Waals surface area contributed by atoms with Crippen LogP contribution in [0.15, 0.2) is 18.6 Å². The number of carbonyl (C=O) groups excluding carboxylic acids is 1. The van der Waals surface area contributed by atoms with Gasteiger partial charge in [-0.1, -0.05) is 12.8 Å². The molecule has 3 fully saturated rings. The zero-order chi connectivity index (χ0) is 20.0. The van der Waals surface area contributed by atoms with E-state index < -0.39 is 0 Å². The van der Waals surface area contributed by atoms with Crippen LogP contribution in [-0.2, 0) is 11.8 Å². The second-order valence-corrected chi connectivity index (χ2v) is 8.28. The Kier molecular flexibility index (Phi) is 4.15. The van der Waals surface area contributed by atoms with Gasteiger partial charge in [0.1, 0.15) is 23.7 Å². The summed E-state index contributed by atoms with van der Waals surface area (Å²) in [6.45, 7) is 1.50. The summed E-state index contributed by atoms with van der Waals surface area (Å²) in [5.74, 6) is 1.44. The van der Waals surface area contributed by atoms with E-state index in [1.807, 2.05) is 13.2 Å². The largest absolute Gasteiger partial charge is 0.444 e. The third-order valence-electron chi connectivity index (χ3n) is 6.28. The average molecular weight is 393 g/mol. The molecule has 1 unspecified atom stereocenters. The van der Waals surface area contributed by atoms with E-state index in [0.29, 0.717) is 11.6 Å². The standard InChI is InChI=1S/C20H23N7O2/c1-26-12-14(10-23-26)18-15(9-21)22-11-17(24-18)27-6-4-20(5-7-27)16(8-13-2-3-13)29-19(28)25-20/h10-13,16H,2-8H2,1H3,(H,25,28). The number of hydrogen-bond donors (Lipinski definition) is 1. The molecule has 0 bridgehead atoms. The van der Waals surface area contributed by atoms with Crippen molar-refractivity contribution < 1.29 is 9.53 Å². The number of anilines is 1. The Morgan fingerprint density at radius 3 is 2.79 bits per heavy atom. The second kappa shape index (κ2) is 6.72. The highest BCUT2D eigenvalue weighted by molar-refractivity contribution is 5.71. The maximum Gasteiger partial charge on any atom is 0.408 e. The SMILES string of the molecule is Cn1cc(-c2nc(N3CCC4(CC3)NC(=O)OC4CC3CC3)cnc2C#N)cn1. The molecule has 1 aliphatic carbocycles. The lowest BCUT2D eigenvalue weighted by molar-refractivity contribution is 0.0855. The zero-order valence-corrected chi connectivity index (χ0v) is 16.3. The van der Waals surface area contributed by atoms with Crippen molar-refractivity contribution in [3.8, 4) is 17.3 Å². The lowest BCUT2D eigenvalue weighted by Crippen LogP contribution is -2.56. The van der Waals surface area contributed by atoms with E-state index in [4.69, 9.17) is 9.72 Å². The van der Waals surface area contributed by atoms with E-state index in [1.165, 1.54) is 12.8 Å². The first-order valence-electron chi connectivity index (χ1n) is 10.1. The fourth-order valence-corrected chi connectivity index (χ4v) is 4.43. The lowest BCUT2D eigenvalue weighted by Gasteiger charge is -2.41. The highest BCUT2D eigenvalue weighted by Gasteiger charge is 2.51. The number of piperidine rings is 1. The van der Waals surface area contributed by atoms with E-state index >= 15 is 0 Å². The van der Waals surface area contributed by atoms with Gasteiger partial charge in [-0.15, -0.1) is 0 Å². The third-order valence-corrected chi connectivity index (χ3v) is 6.28. The van der Waals surface area contributed by atoms with Gasteiger partial charge in [0, 0.05) is 31.9 Å². The van der Waals surface area contributed by atoms with Crippen molar-refractivity contribution in [2.75, 3.05) is 18.0 Å². The van der Waals surface area contributed by atoms with Crippen molar-refractivity contribution >= 4 is 11.9 Å². The molecule has 5 rings (SSSR count). The molecule has 1 N–H and O–H groups in total. The third kappa shape index (κ3) is 3.28. The molecular formula is C20H23N7O2. The van der Waals surface area contributed by atoms with E-state index in [9.17, 15) is 10.1 Å². The van der Waals surface area contributed by atoms with Crippen molar-refractivity contribution in [3.63, 3.8) is 0 Å². The van der Waals surface area contributed by atoms with Crippen LogP contribution in [0.3, 0.4) is 0 Å². The van der Waals surface area contributed by atoms with Crippen LogP contribution < -0.4 is 10.2 Å². The molecule has 0 radical (unpaired) electrons. The number of cyclic esters (lactones) is 1. The Balaban J connectivity index is 1.35. The quantitative estimate of drug-likeness (QED) is 0.846. The van der Waals surface area contributed by atoms with Crippen LogP contribution >= 0.6 is 0 Å². The van der Waals surface area contributed by atoms with Crippen molar-refractivity contribution in [2.45, 2.75) is 43.7 Å². The summed E-state index contributed by atoms with van der Waals surface area (Å²) < 4.78 is 7.29. The number of nitrogens with one attached hydrogen (secondary N) is 1. The first-order chi connectivity index (χ1) is 14.1. The van der Waals surface area contributed by atoms with Crippen LogP contribution in [0.4, 0.5) is 10.6 Å². The molecule has 4 heterocycles. The molecular weight excluding hydrogens is 370 g/mol. The lowest BCUT2D eigenvalue weighted by atomic mass is 9.81. The van der Waals surface area contributed by atoms with E-state index in [1.54, 1.807) is 17.1 Å². The van der Waals surface area contributed by atoms with Crippen molar-refractivity contribution in [1.29, 1.82) is 5.26 Å². The van der Waals surface area contributed by atoms with Gasteiger partial charge in [-0.2, -0.15) is 10.4 Å². The fraction of sp³-hybridized carbons (Fsp3) is 0.550. The van der Waals surface area contributed by atoms with Gasteiger partial charge in [0.25, 0.3) is 0 Å². The molecule has 0 aromatic carbocycles. The number of alkyl carbamates (subject to hydrolysis) is 1. The Morgan fingerprint density at radius 1 is 1.34 bits per heavy atom. The number of ether oxygens (including phenoxy) is 1. The monoisotopic (exact) mass is 393 g/mol. The predicted molar refractivity (Wildman–Crippen MR) is 104 cm³/mol. The number of nitrogens with zero attached hydrogens (tertiary/aromatic N) is 6. The van der Waals surface area contributed by atoms with Gasteiger partial charge in [-0.3, -0.25) is 4.68 Å². The van der Waals surface area contributed by atoms with E-state index in [-0.39, 0.29) is 23.4 Å². The highest BCUT2D eigenvalue weighted by Crippen LogP contribution is 2.42. The second-order valence-electron chi connectivity index (χ2n) is 8.28. The smallest absolute Gasteiger partial charge is 0.408 e. The van der Waals surface area contributed by atoms with E-state index in [2.05, 4.69) is 26.4 Å². The Bertz CT molecular complexity index is 983. The molecule has 2 aromatic heterocycles. The van der Waals surface area contributed by atoms with Crippen molar-refractivity contribution in [3.05, 3.63) is 24.3 Å². The number of amides is 1. The van der Waals surface area contributed by atoms with Gasteiger partial charge in [0.15, 0.2) is 5.69 Å². The molecule has 29 heavy (non-hydrogen) atoms. The molecule has 2 saturated heterocycles. The summed E-state index contributed by atoms with van der Waals surface area (Å²) in [7, 11) is 1.83. The van der Waals surface area contributed by atoms with Gasteiger partial charge < -0.3 is 15.0 Å². The number of aryl methyl sites for hydroxylation is 1. The van der Waals surface area contributed by atoms with Crippen LogP contribution in [0.25, 0.3) is 11.3 Å². The zero-order valence-electron chi connectivity index (χ0n) is 16.3. The molecule has 1 spiro atoms. The number of carbonyl (C=O) groups is 1. The number of nitriles is 1. The average Bonchev–Trinajstić information content (AvgIpc) is 3.36. The van der Waals surface area contributed by atoms with Gasteiger partial charge in [0.05, 0.1) is 17.9 Å². The molecule has 3 aliphatic rings. The molecule has 1 atom stereocenters. The minimum Gasteiger partial charge on any atom is -0.444 e. The van der Waals surface area contributed by atoms with Gasteiger partial charge >= 0.3 is 6.09 Å². The minimum absolute atomic E-state index is 0.0392.